The smallest absolute Gasteiger partial charge is 0.344 e. The number of aliphatic imine (C=N–C) groups is 1. The maximum atomic E-state index is 11.0. The second kappa shape index (κ2) is 7.31. The molecule has 2 rings (SSSR count). The summed E-state index contributed by atoms with van der Waals surface area (Å²) in [4.78, 5) is 15.3. The molecule has 2 N–H and O–H groups in total. The minimum absolute atomic E-state index is 0.157. The van der Waals surface area contributed by atoms with E-state index in [9.17, 15) is 9.90 Å². The number of ether oxygens (including phenoxy) is 2. The van der Waals surface area contributed by atoms with Gasteiger partial charge in [0.15, 0.2) is 17.6 Å². The minimum Gasteiger partial charge on any atom is -0.508 e. The van der Waals surface area contributed by atoms with E-state index in [4.69, 9.17) is 14.6 Å². The summed E-state index contributed by atoms with van der Waals surface area (Å²) in [7, 11) is 1.48. The molecule has 0 aliphatic rings. The number of carbonyl (C=O) groups is 1. The highest BCUT2D eigenvalue weighted by atomic mass is 16.5. The summed E-state index contributed by atoms with van der Waals surface area (Å²) in [6, 6.07) is 11.6. The summed E-state index contributed by atoms with van der Waals surface area (Å²) >= 11 is 0. The third-order valence-corrected chi connectivity index (χ3v) is 3.07. The van der Waals surface area contributed by atoms with Crippen molar-refractivity contribution < 1.29 is 24.5 Å². The highest BCUT2D eigenvalue weighted by molar-refractivity contribution is 5.87. The van der Waals surface area contributed by atoms with Crippen molar-refractivity contribution in [2.75, 3.05) is 7.11 Å². The lowest BCUT2D eigenvalue weighted by Crippen LogP contribution is -2.23. The van der Waals surface area contributed by atoms with Crippen molar-refractivity contribution in [1.82, 2.24) is 0 Å². The number of phenolic OH excluding ortho intramolecular Hbond substituents is 1. The number of aliphatic carboxylic acids is 1. The number of benzene rings is 2. The first kappa shape index (κ1) is 16.4. The van der Waals surface area contributed by atoms with E-state index in [1.807, 2.05) is 0 Å². The van der Waals surface area contributed by atoms with Gasteiger partial charge in [-0.1, -0.05) is 6.07 Å². The molecule has 6 nitrogen and oxygen atoms in total. The second-order valence-corrected chi connectivity index (χ2v) is 4.75. The number of carboxylic acid groups (broad SMARTS) is 1. The molecule has 0 aromatic heterocycles. The molecule has 0 aliphatic carbocycles. The zero-order valence-corrected chi connectivity index (χ0v) is 12.8. The molecule has 0 radical (unpaired) electrons. The molecule has 0 aliphatic heterocycles. The van der Waals surface area contributed by atoms with E-state index in [1.54, 1.807) is 36.5 Å². The number of methoxy groups -OCH3 is 1. The summed E-state index contributed by atoms with van der Waals surface area (Å²) in [5.41, 5.74) is 1.23. The predicted molar refractivity (Wildman–Crippen MR) is 86.1 cm³/mol. The van der Waals surface area contributed by atoms with Gasteiger partial charge in [0.25, 0.3) is 0 Å². The van der Waals surface area contributed by atoms with Gasteiger partial charge in [0.1, 0.15) is 5.75 Å². The van der Waals surface area contributed by atoms with Crippen LogP contribution in [0, 0.1) is 0 Å². The maximum Gasteiger partial charge on any atom is 0.344 e. The van der Waals surface area contributed by atoms with Gasteiger partial charge in [0.05, 0.1) is 12.8 Å². The van der Waals surface area contributed by atoms with E-state index in [0.717, 1.165) is 0 Å². The molecule has 0 bridgehead atoms. The fourth-order valence-electron chi connectivity index (χ4n) is 1.83. The molecule has 0 unspecified atom stereocenters. The Morgan fingerprint density at radius 1 is 1.22 bits per heavy atom. The normalized spacial score (nSPS) is 12.1. The quantitative estimate of drug-likeness (QED) is 0.800. The molecule has 23 heavy (non-hydrogen) atoms. The van der Waals surface area contributed by atoms with Gasteiger partial charge >= 0.3 is 5.97 Å². The summed E-state index contributed by atoms with van der Waals surface area (Å²) in [5.74, 6) is -0.179. The molecule has 0 amide bonds. The number of nitrogens with zero attached hydrogens (tertiary/aromatic N) is 1. The van der Waals surface area contributed by atoms with E-state index in [0.29, 0.717) is 22.7 Å². The van der Waals surface area contributed by atoms with Crippen molar-refractivity contribution >= 4 is 17.9 Å². The van der Waals surface area contributed by atoms with Crippen LogP contribution >= 0.6 is 0 Å². The minimum atomic E-state index is -1.07. The van der Waals surface area contributed by atoms with Crippen LogP contribution in [0.1, 0.15) is 12.5 Å². The zero-order valence-electron chi connectivity index (χ0n) is 12.8. The lowest BCUT2D eigenvalue weighted by atomic mass is 10.2. The molecule has 0 spiro atoms. The molecule has 2 aromatic rings. The average Bonchev–Trinajstić information content (AvgIpc) is 2.55. The van der Waals surface area contributed by atoms with Gasteiger partial charge in [-0.05, 0) is 43.3 Å². The summed E-state index contributed by atoms with van der Waals surface area (Å²) in [5, 5.41) is 18.3. The maximum absolute atomic E-state index is 11.0. The standard InChI is InChI=1S/C17H17NO5/c1-11(17(20)21)23-16-12(4-3-5-15(16)22-2)10-18-13-6-8-14(19)9-7-13/h3-11,19H,1-2H3,(H,20,21)/t11-/m0/s1. The molecule has 2 aromatic carbocycles. The van der Waals surface area contributed by atoms with Crippen LogP contribution in [0.2, 0.25) is 0 Å². The lowest BCUT2D eigenvalue weighted by molar-refractivity contribution is -0.144. The highest BCUT2D eigenvalue weighted by Crippen LogP contribution is 2.31. The number of rotatable bonds is 6. The van der Waals surface area contributed by atoms with Gasteiger partial charge in [0.2, 0.25) is 0 Å². The number of aromatic hydroxyl groups is 1. The topological polar surface area (TPSA) is 88.4 Å². The third-order valence-electron chi connectivity index (χ3n) is 3.07. The number of hydrogen-bond donors (Lipinski definition) is 2. The molecule has 0 saturated heterocycles. The van der Waals surface area contributed by atoms with Crippen LogP contribution in [0.25, 0.3) is 0 Å². The first-order valence-electron chi connectivity index (χ1n) is 6.91. The van der Waals surface area contributed by atoms with Crippen LogP contribution in [-0.2, 0) is 4.79 Å². The van der Waals surface area contributed by atoms with Crippen molar-refractivity contribution in [3.8, 4) is 17.2 Å². The largest absolute Gasteiger partial charge is 0.508 e. The molecular weight excluding hydrogens is 298 g/mol. The first-order valence-corrected chi connectivity index (χ1v) is 6.91. The van der Waals surface area contributed by atoms with Gasteiger partial charge in [-0.15, -0.1) is 0 Å². The van der Waals surface area contributed by atoms with Crippen LogP contribution in [0.4, 0.5) is 5.69 Å². The van der Waals surface area contributed by atoms with Gasteiger partial charge in [-0.2, -0.15) is 0 Å². The molecule has 0 heterocycles. The number of carboxylic acids is 1. The van der Waals surface area contributed by atoms with Gasteiger partial charge < -0.3 is 19.7 Å². The zero-order chi connectivity index (χ0) is 16.8. The summed E-state index contributed by atoms with van der Waals surface area (Å²) in [6.45, 7) is 1.44. The van der Waals surface area contributed by atoms with Crippen molar-refractivity contribution in [3.05, 3.63) is 48.0 Å². The van der Waals surface area contributed by atoms with Crippen LogP contribution in [0.3, 0.4) is 0 Å². The van der Waals surface area contributed by atoms with Crippen molar-refractivity contribution in [2.24, 2.45) is 4.99 Å². The number of para-hydroxylation sites is 1. The van der Waals surface area contributed by atoms with Crippen LogP contribution in [-0.4, -0.2) is 35.6 Å². The molecule has 6 heteroatoms. The van der Waals surface area contributed by atoms with Crippen LogP contribution in [0.5, 0.6) is 17.2 Å². The number of hydrogen-bond acceptors (Lipinski definition) is 5. The van der Waals surface area contributed by atoms with E-state index in [1.165, 1.54) is 26.2 Å². The van der Waals surface area contributed by atoms with Crippen LogP contribution < -0.4 is 9.47 Å². The fraction of sp³-hybridized carbons (Fsp3) is 0.176. The van der Waals surface area contributed by atoms with Gasteiger partial charge in [-0.25, -0.2) is 4.79 Å². The Hall–Kier alpha value is -3.02. The van der Waals surface area contributed by atoms with Gasteiger partial charge in [0, 0.05) is 11.8 Å². The second-order valence-electron chi connectivity index (χ2n) is 4.75. The first-order chi connectivity index (χ1) is 11.0. The lowest BCUT2D eigenvalue weighted by Gasteiger charge is -2.15. The fourth-order valence-corrected chi connectivity index (χ4v) is 1.83. The molecule has 120 valence electrons. The van der Waals surface area contributed by atoms with Crippen LogP contribution in [0.15, 0.2) is 47.5 Å². The number of phenols is 1. The van der Waals surface area contributed by atoms with E-state index >= 15 is 0 Å². The molecule has 0 saturated carbocycles. The Bertz CT molecular complexity index is 709. The van der Waals surface area contributed by atoms with Crippen molar-refractivity contribution in [2.45, 2.75) is 13.0 Å². The Kier molecular flexibility index (Phi) is 5.19. The Morgan fingerprint density at radius 2 is 1.91 bits per heavy atom. The summed E-state index contributed by atoms with van der Waals surface area (Å²) < 4.78 is 10.7. The Morgan fingerprint density at radius 3 is 2.52 bits per heavy atom. The monoisotopic (exact) mass is 315 g/mol. The SMILES string of the molecule is COc1cccc(C=Nc2ccc(O)cc2)c1O[C@@H](C)C(=O)O. The van der Waals surface area contributed by atoms with E-state index in [-0.39, 0.29) is 5.75 Å². The average molecular weight is 315 g/mol. The molecular formula is C17H17NO5. The Balaban J connectivity index is 2.33. The third kappa shape index (κ3) is 4.23. The van der Waals surface area contributed by atoms with Crippen molar-refractivity contribution in [1.29, 1.82) is 0 Å². The van der Waals surface area contributed by atoms with Gasteiger partial charge in [-0.3, -0.25) is 4.99 Å². The van der Waals surface area contributed by atoms with E-state index < -0.39 is 12.1 Å². The summed E-state index contributed by atoms with van der Waals surface area (Å²) in [6.07, 6.45) is 0.533. The predicted octanol–water partition coefficient (Wildman–Crippen LogP) is 3.00. The molecule has 0 fully saturated rings. The van der Waals surface area contributed by atoms with E-state index in [2.05, 4.69) is 4.99 Å². The highest BCUT2D eigenvalue weighted by Gasteiger charge is 2.17. The molecule has 1 atom stereocenters. The Labute approximate surface area is 133 Å². The van der Waals surface area contributed by atoms with Crippen molar-refractivity contribution in [3.63, 3.8) is 0 Å².